The van der Waals surface area contributed by atoms with Gasteiger partial charge in [0.05, 0.1) is 28.0 Å². The fourth-order valence-electron chi connectivity index (χ4n) is 6.02. The van der Waals surface area contributed by atoms with E-state index in [0.29, 0.717) is 17.5 Å². The Labute approximate surface area is 199 Å². The number of anilines is 1. The molecule has 0 aromatic heterocycles. The summed E-state index contributed by atoms with van der Waals surface area (Å²) in [6, 6.07) is 11.0. The van der Waals surface area contributed by atoms with Crippen LogP contribution in [0, 0.1) is 45.6 Å². The average Bonchev–Trinajstić information content (AvgIpc) is 3.65. The SMILES string of the molecule is O=C(COC(=O)c1ccc(N2C(=O)C3C4C=CC(C5CC45)C3C2=O)cc1)c1ccc([N+](=O)[O-])cc1. The summed E-state index contributed by atoms with van der Waals surface area (Å²) in [5.74, 6) is -0.848. The molecule has 2 amide bonds. The second-order valence-corrected chi connectivity index (χ2v) is 9.52. The molecule has 176 valence electrons. The van der Waals surface area contributed by atoms with E-state index in [0.717, 1.165) is 6.42 Å². The van der Waals surface area contributed by atoms with Crippen LogP contribution in [0.3, 0.4) is 0 Å². The van der Waals surface area contributed by atoms with Gasteiger partial charge in [-0.05, 0) is 66.5 Å². The van der Waals surface area contributed by atoms with Crippen molar-refractivity contribution >= 4 is 34.9 Å². The molecule has 6 atom stereocenters. The Kier molecular flexibility index (Phi) is 4.70. The zero-order valence-corrected chi connectivity index (χ0v) is 18.4. The van der Waals surface area contributed by atoms with Gasteiger partial charge in [-0.3, -0.25) is 29.4 Å². The molecule has 4 aliphatic carbocycles. The number of ketones is 1. The monoisotopic (exact) mass is 472 g/mol. The second-order valence-electron chi connectivity index (χ2n) is 9.52. The first-order valence-electron chi connectivity index (χ1n) is 11.5. The Morgan fingerprint density at radius 3 is 1.97 bits per heavy atom. The number of non-ortho nitro benzene ring substituents is 1. The summed E-state index contributed by atoms with van der Waals surface area (Å²) in [6.07, 6.45) is 5.33. The number of nitrogens with zero attached hydrogens (tertiary/aromatic N) is 2. The molecule has 2 saturated carbocycles. The molecule has 2 aromatic carbocycles. The molecule has 3 fully saturated rings. The maximum absolute atomic E-state index is 13.2. The molecule has 7 rings (SSSR count). The summed E-state index contributed by atoms with van der Waals surface area (Å²) in [6.45, 7) is -0.525. The lowest BCUT2D eigenvalue weighted by Gasteiger charge is -2.37. The quantitative estimate of drug-likeness (QED) is 0.158. The van der Waals surface area contributed by atoms with Crippen molar-refractivity contribution in [3.8, 4) is 0 Å². The zero-order valence-electron chi connectivity index (χ0n) is 18.4. The van der Waals surface area contributed by atoms with E-state index in [4.69, 9.17) is 4.74 Å². The lowest BCUT2D eigenvalue weighted by atomic mass is 9.63. The molecule has 0 spiro atoms. The number of amides is 2. The van der Waals surface area contributed by atoms with Gasteiger partial charge < -0.3 is 4.74 Å². The number of carbonyl (C=O) groups excluding carboxylic acids is 4. The first-order valence-corrected chi connectivity index (χ1v) is 11.5. The van der Waals surface area contributed by atoms with Gasteiger partial charge in [-0.25, -0.2) is 4.79 Å². The number of ether oxygens (including phenoxy) is 1. The fourth-order valence-corrected chi connectivity index (χ4v) is 6.02. The number of imide groups is 1. The van der Waals surface area contributed by atoms with E-state index in [-0.39, 0.29) is 52.3 Å². The molecule has 9 nitrogen and oxygen atoms in total. The van der Waals surface area contributed by atoms with Gasteiger partial charge in [0.1, 0.15) is 0 Å². The van der Waals surface area contributed by atoms with Crippen LogP contribution in [0.4, 0.5) is 11.4 Å². The molecular weight excluding hydrogens is 452 g/mol. The van der Waals surface area contributed by atoms with E-state index in [1.165, 1.54) is 53.4 Å². The third-order valence-corrected chi connectivity index (χ3v) is 7.76. The zero-order chi connectivity index (χ0) is 24.4. The standard InChI is InChI=1S/C26H20N2O7/c29-21(13-1-7-16(8-2-13)28(33)34)12-35-26(32)14-3-5-15(6-4-14)27-24(30)22-17-9-10-18(20-11-19(17)20)23(22)25(27)31/h1-10,17-20,22-23H,11-12H2. The predicted molar refractivity (Wildman–Crippen MR) is 121 cm³/mol. The topological polar surface area (TPSA) is 124 Å². The second kappa shape index (κ2) is 7.69. The number of esters is 1. The van der Waals surface area contributed by atoms with Gasteiger partial charge in [0.2, 0.25) is 11.8 Å². The summed E-state index contributed by atoms with van der Waals surface area (Å²) in [4.78, 5) is 62.4. The van der Waals surface area contributed by atoms with Gasteiger partial charge in [-0.15, -0.1) is 0 Å². The molecule has 0 N–H and O–H groups in total. The lowest BCUT2D eigenvalue weighted by molar-refractivity contribution is -0.384. The molecule has 1 heterocycles. The largest absolute Gasteiger partial charge is 0.454 e. The van der Waals surface area contributed by atoms with Crippen LogP contribution in [0.1, 0.15) is 27.1 Å². The number of carbonyl (C=O) groups is 4. The van der Waals surface area contributed by atoms with Crippen LogP contribution in [-0.4, -0.2) is 35.1 Å². The predicted octanol–water partition coefficient (Wildman–Crippen LogP) is 3.19. The smallest absolute Gasteiger partial charge is 0.338 e. The lowest BCUT2D eigenvalue weighted by Crippen LogP contribution is -2.40. The molecule has 1 aliphatic heterocycles. The van der Waals surface area contributed by atoms with Crippen LogP contribution in [0.25, 0.3) is 0 Å². The van der Waals surface area contributed by atoms with Gasteiger partial charge >= 0.3 is 5.97 Å². The number of benzene rings is 2. The first-order chi connectivity index (χ1) is 16.8. The minimum Gasteiger partial charge on any atom is -0.454 e. The summed E-state index contributed by atoms with van der Waals surface area (Å²) in [7, 11) is 0. The molecule has 2 bridgehead atoms. The van der Waals surface area contributed by atoms with Crippen molar-refractivity contribution in [2.75, 3.05) is 11.5 Å². The number of Topliss-reactive ketones (excluding diaryl/α,β-unsaturated/α-hetero) is 1. The van der Waals surface area contributed by atoms with Gasteiger partial charge in [-0.1, -0.05) is 12.2 Å². The van der Waals surface area contributed by atoms with Crippen LogP contribution in [0.5, 0.6) is 0 Å². The molecule has 35 heavy (non-hydrogen) atoms. The average molecular weight is 472 g/mol. The van der Waals surface area contributed by atoms with Gasteiger partial charge in [-0.2, -0.15) is 0 Å². The normalized spacial score (nSPS) is 29.5. The number of nitro groups is 1. The van der Waals surface area contributed by atoms with Crippen molar-refractivity contribution in [2.24, 2.45) is 35.5 Å². The van der Waals surface area contributed by atoms with Crippen LogP contribution in [0.15, 0.2) is 60.7 Å². The van der Waals surface area contributed by atoms with E-state index in [1.54, 1.807) is 0 Å². The van der Waals surface area contributed by atoms with E-state index in [9.17, 15) is 29.3 Å². The van der Waals surface area contributed by atoms with Crippen molar-refractivity contribution in [2.45, 2.75) is 6.42 Å². The molecule has 1 saturated heterocycles. The Balaban J connectivity index is 1.11. The molecule has 0 radical (unpaired) electrons. The van der Waals surface area contributed by atoms with Crippen molar-refractivity contribution < 1.29 is 28.8 Å². The third-order valence-electron chi connectivity index (χ3n) is 7.76. The summed E-state index contributed by atoms with van der Waals surface area (Å²) in [5.41, 5.74) is 0.631. The van der Waals surface area contributed by atoms with Crippen molar-refractivity contribution in [1.29, 1.82) is 0 Å². The van der Waals surface area contributed by atoms with Crippen molar-refractivity contribution in [3.05, 3.63) is 81.9 Å². The number of allylic oxidation sites excluding steroid dienone is 2. The Hall–Kier alpha value is -4.14. The highest BCUT2D eigenvalue weighted by molar-refractivity contribution is 6.22. The number of hydrogen-bond acceptors (Lipinski definition) is 7. The highest BCUT2D eigenvalue weighted by atomic mass is 16.6. The highest BCUT2D eigenvalue weighted by Crippen LogP contribution is 2.65. The van der Waals surface area contributed by atoms with Gasteiger partial charge in [0.25, 0.3) is 5.69 Å². The molecule has 2 aromatic rings. The van der Waals surface area contributed by atoms with Crippen LogP contribution in [0.2, 0.25) is 0 Å². The van der Waals surface area contributed by atoms with Crippen molar-refractivity contribution in [1.82, 2.24) is 0 Å². The molecule has 6 unspecified atom stereocenters. The van der Waals surface area contributed by atoms with E-state index in [1.807, 2.05) is 0 Å². The third kappa shape index (κ3) is 3.30. The summed E-state index contributed by atoms with van der Waals surface area (Å²) < 4.78 is 5.08. The van der Waals surface area contributed by atoms with Gasteiger partial charge in [0.15, 0.2) is 12.4 Å². The minimum atomic E-state index is -0.734. The maximum Gasteiger partial charge on any atom is 0.338 e. The van der Waals surface area contributed by atoms with E-state index < -0.39 is 23.3 Å². The molecule has 9 heteroatoms. The Morgan fingerprint density at radius 1 is 0.886 bits per heavy atom. The minimum absolute atomic E-state index is 0.138. The highest BCUT2D eigenvalue weighted by Gasteiger charge is 2.67. The van der Waals surface area contributed by atoms with Crippen LogP contribution in [-0.2, 0) is 14.3 Å². The number of nitro benzene ring substituents is 1. The number of rotatable bonds is 6. The summed E-state index contributed by atoms with van der Waals surface area (Å²) >= 11 is 0. The molecule has 5 aliphatic rings. The van der Waals surface area contributed by atoms with Crippen molar-refractivity contribution in [3.63, 3.8) is 0 Å². The fraction of sp³-hybridized carbons (Fsp3) is 0.308. The maximum atomic E-state index is 13.2. The van der Waals surface area contributed by atoms with Crippen LogP contribution < -0.4 is 4.90 Å². The first kappa shape index (κ1) is 21.4. The van der Waals surface area contributed by atoms with Gasteiger partial charge in [0, 0.05) is 17.7 Å². The van der Waals surface area contributed by atoms with Crippen LogP contribution >= 0.6 is 0 Å². The van der Waals surface area contributed by atoms with E-state index >= 15 is 0 Å². The Bertz CT molecular complexity index is 1280. The van der Waals surface area contributed by atoms with E-state index in [2.05, 4.69) is 12.2 Å². The summed E-state index contributed by atoms with van der Waals surface area (Å²) in [5, 5.41) is 10.7. The Morgan fingerprint density at radius 2 is 1.43 bits per heavy atom. The number of hydrogen-bond donors (Lipinski definition) is 0. The molecular formula is C26H20N2O7.